The summed E-state index contributed by atoms with van der Waals surface area (Å²) in [6.45, 7) is 0.663. The Morgan fingerprint density at radius 2 is 1.73 bits per heavy atom. The molecule has 8 heteroatoms. The van der Waals surface area contributed by atoms with E-state index in [1.165, 1.54) is 16.2 Å². The van der Waals surface area contributed by atoms with Crippen molar-refractivity contribution in [2.24, 2.45) is 5.73 Å². The lowest BCUT2D eigenvalue weighted by Gasteiger charge is -2.21. The number of benzene rings is 2. The van der Waals surface area contributed by atoms with Crippen molar-refractivity contribution in [2.45, 2.75) is 12.3 Å². The van der Waals surface area contributed by atoms with E-state index in [0.717, 1.165) is 22.3 Å². The molecule has 0 unspecified atom stereocenters. The Morgan fingerprint density at radius 1 is 1.10 bits per heavy atom. The highest BCUT2D eigenvalue weighted by molar-refractivity contribution is 7.14. The fourth-order valence-corrected chi connectivity index (χ4v) is 4.56. The standard InChI is InChI=1S/C22H21N3O4S/c23-9-10-25(21-24-14(13-30-21)11-20(26)27)22(28)29-12-19-17-7-3-1-5-15(17)16-6-2-4-8-18(16)19/h1-8,13,19H,9-12,23H2,(H,26,27). The molecular weight excluding hydrogens is 402 g/mol. The van der Waals surface area contributed by atoms with Crippen LogP contribution in [-0.2, 0) is 16.0 Å². The van der Waals surface area contributed by atoms with Gasteiger partial charge in [0.1, 0.15) is 6.61 Å². The van der Waals surface area contributed by atoms with Crippen LogP contribution in [0.25, 0.3) is 11.1 Å². The Labute approximate surface area is 177 Å². The highest BCUT2D eigenvalue weighted by Crippen LogP contribution is 2.44. The zero-order chi connectivity index (χ0) is 21.1. The molecule has 0 saturated heterocycles. The van der Waals surface area contributed by atoms with Gasteiger partial charge in [0, 0.05) is 24.4 Å². The molecule has 7 nitrogen and oxygen atoms in total. The van der Waals surface area contributed by atoms with E-state index in [2.05, 4.69) is 29.2 Å². The quantitative estimate of drug-likeness (QED) is 0.603. The largest absolute Gasteiger partial charge is 0.481 e. The van der Waals surface area contributed by atoms with Gasteiger partial charge in [0.25, 0.3) is 0 Å². The first-order valence-corrected chi connectivity index (χ1v) is 10.4. The van der Waals surface area contributed by atoms with Crippen molar-refractivity contribution in [1.82, 2.24) is 4.98 Å². The average Bonchev–Trinajstić information content (AvgIpc) is 3.32. The summed E-state index contributed by atoms with van der Waals surface area (Å²) >= 11 is 1.20. The number of carbonyl (C=O) groups is 2. The van der Waals surface area contributed by atoms with Gasteiger partial charge in [0.05, 0.1) is 12.1 Å². The molecule has 1 heterocycles. The first-order chi connectivity index (χ1) is 14.6. The fourth-order valence-electron chi connectivity index (χ4n) is 3.72. The molecule has 1 amide bonds. The van der Waals surface area contributed by atoms with Crippen molar-refractivity contribution in [2.75, 3.05) is 24.6 Å². The Hall–Kier alpha value is -3.23. The van der Waals surface area contributed by atoms with Crippen LogP contribution in [-0.4, -0.2) is 41.8 Å². The predicted octanol–water partition coefficient (Wildman–Crippen LogP) is 3.48. The summed E-state index contributed by atoms with van der Waals surface area (Å²) < 4.78 is 5.68. The lowest BCUT2D eigenvalue weighted by atomic mass is 9.98. The van der Waals surface area contributed by atoms with E-state index in [4.69, 9.17) is 15.6 Å². The summed E-state index contributed by atoms with van der Waals surface area (Å²) in [6, 6.07) is 16.3. The van der Waals surface area contributed by atoms with Gasteiger partial charge >= 0.3 is 12.1 Å². The van der Waals surface area contributed by atoms with Crippen molar-refractivity contribution in [3.63, 3.8) is 0 Å². The number of carboxylic acid groups (broad SMARTS) is 1. The number of rotatable bonds is 7. The minimum absolute atomic E-state index is 0.0417. The predicted molar refractivity (Wildman–Crippen MR) is 115 cm³/mol. The van der Waals surface area contributed by atoms with Crippen LogP contribution in [0.2, 0.25) is 0 Å². The van der Waals surface area contributed by atoms with E-state index < -0.39 is 12.1 Å². The van der Waals surface area contributed by atoms with Crippen molar-refractivity contribution in [1.29, 1.82) is 0 Å². The van der Waals surface area contributed by atoms with Gasteiger partial charge in [-0.2, -0.15) is 0 Å². The van der Waals surface area contributed by atoms with E-state index in [1.54, 1.807) is 5.38 Å². The lowest BCUT2D eigenvalue weighted by Crippen LogP contribution is -2.36. The fraction of sp³-hybridized carbons (Fsp3) is 0.227. The Morgan fingerprint density at radius 3 is 2.33 bits per heavy atom. The number of hydrogen-bond acceptors (Lipinski definition) is 6. The second kappa shape index (κ2) is 8.64. The van der Waals surface area contributed by atoms with Crippen molar-refractivity contribution < 1.29 is 19.4 Å². The summed E-state index contributed by atoms with van der Waals surface area (Å²) in [6.07, 6.45) is -0.740. The van der Waals surface area contributed by atoms with Crippen LogP contribution in [0.1, 0.15) is 22.7 Å². The number of hydrogen-bond donors (Lipinski definition) is 2. The Bertz CT molecular complexity index is 1040. The zero-order valence-electron chi connectivity index (χ0n) is 16.2. The van der Waals surface area contributed by atoms with Gasteiger partial charge in [-0.05, 0) is 22.3 Å². The Kier molecular flexibility index (Phi) is 5.78. The van der Waals surface area contributed by atoms with Crippen LogP contribution < -0.4 is 10.6 Å². The molecule has 4 rings (SSSR count). The molecule has 30 heavy (non-hydrogen) atoms. The van der Waals surface area contributed by atoms with Crippen molar-refractivity contribution in [3.8, 4) is 11.1 Å². The Balaban J connectivity index is 1.51. The number of carbonyl (C=O) groups excluding carboxylic acids is 1. The highest BCUT2D eigenvalue weighted by Gasteiger charge is 2.30. The average molecular weight is 423 g/mol. The monoisotopic (exact) mass is 423 g/mol. The van der Waals surface area contributed by atoms with Crippen LogP contribution in [0.5, 0.6) is 0 Å². The van der Waals surface area contributed by atoms with Crippen molar-refractivity contribution in [3.05, 3.63) is 70.7 Å². The summed E-state index contributed by atoms with van der Waals surface area (Å²) in [7, 11) is 0. The molecule has 3 N–H and O–H groups in total. The molecule has 0 fully saturated rings. The minimum atomic E-state index is -0.974. The third-order valence-corrected chi connectivity index (χ3v) is 5.92. The molecule has 3 aromatic rings. The first kappa shape index (κ1) is 20.1. The molecule has 0 spiro atoms. The number of aliphatic carboxylic acids is 1. The maximum absolute atomic E-state index is 12.8. The molecule has 2 aromatic carbocycles. The van der Waals surface area contributed by atoms with E-state index in [0.29, 0.717) is 10.8 Å². The number of aromatic nitrogens is 1. The van der Waals surface area contributed by atoms with Crippen LogP contribution in [0.3, 0.4) is 0 Å². The second-order valence-electron chi connectivity index (χ2n) is 6.94. The van der Waals surface area contributed by atoms with Crippen LogP contribution >= 0.6 is 11.3 Å². The van der Waals surface area contributed by atoms with Gasteiger partial charge in [0.2, 0.25) is 0 Å². The van der Waals surface area contributed by atoms with E-state index in [-0.39, 0.29) is 32.0 Å². The molecule has 1 aromatic heterocycles. The minimum Gasteiger partial charge on any atom is -0.481 e. The van der Waals surface area contributed by atoms with E-state index in [1.807, 2.05) is 24.3 Å². The van der Waals surface area contributed by atoms with Crippen LogP contribution in [0, 0.1) is 0 Å². The van der Waals surface area contributed by atoms with Crippen LogP contribution in [0.15, 0.2) is 53.9 Å². The van der Waals surface area contributed by atoms with Gasteiger partial charge in [-0.15, -0.1) is 11.3 Å². The number of fused-ring (bicyclic) bond motifs is 3. The molecule has 1 aliphatic carbocycles. The summed E-state index contributed by atoms with van der Waals surface area (Å²) in [5.41, 5.74) is 10.7. The SMILES string of the molecule is NCCN(C(=O)OCC1c2ccccc2-c2ccccc21)c1nc(CC(=O)O)cs1. The number of nitrogens with two attached hydrogens (primary N) is 1. The lowest BCUT2D eigenvalue weighted by molar-refractivity contribution is -0.136. The maximum atomic E-state index is 12.8. The third-order valence-electron chi connectivity index (χ3n) is 5.01. The summed E-state index contributed by atoms with van der Waals surface area (Å²) in [5, 5.41) is 10.9. The number of thiazole rings is 1. The first-order valence-electron chi connectivity index (χ1n) is 9.57. The molecular formula is C22H21N3O4S. The molecule has 0 saturated carbocycles. The topological polar surface area (TPSA) is 106 Å². The molecule has 154 valence electrons. The van der Waals surface area contributed by atoms with Gasteiger partial charge < -0.3 is 15.6 Å². The molecule has 0 bridgehead atoms. The molecule has 1 aliphatic rings. The number of carboxylic acids is 1. The van der Waals surface area contributed by atoms with Gasteiger partial charge in [-0.3, -0.25) is 9.69 Å². The van der Waals surface area contributed by atoms with E-state index >= 15 is 0 Å². The molecule has 0 aliphatic heterocycles. The number of amides is 1. The number of nitrogens with zero attached hydrogens (tertiary/aromatic N) is 2. The van der Waals surface area contributed by atoms with Gasteiger partial charge in [-0.25, -0.2) is 9.78 Å². The van der Waals surface area contributed by atoms with Crippen molar-refractivity contribution >= 4 is 28.5 Å². The normalized spacial score (nSPS) is 12.3. The highest BCUT2D eigenvalue weighted by atomic mass is 32.1. The van der Waals surface area contributed by atoms with Gasteiger partial charge in [0.15, 0.2) is 5.13 Å². The maximum Gasteiger partial charge on any atom is 0.416 e. The smallest absolute Gasteiger partial charge is 0.416 e. The summed E-state index contributed by atoms with van der Waals surface area (Å²) in [4.78, 5) is 29.4. The molecule has 0 radical (unpaired) electrons. The summed E-state index contributed by atoms with van der Waals surface area (Å²) in [5.74, 6) is -1.02. The van der Waals surface area contributed by atoms with Gasteiger partial charge in [-0.1, -0.05) is 48.5 Å². The zero-order valence-corrected chi connectivity index (χ0v) is 17.0. The third kappa shape index (κ3) is 3.92. The number of anilines is 1. The molecule has 0 atom stereocenters. The van der Waals surface area contributed by atoms with Crippen LogP contribution in [0.4, 0.5) is 9.93 Å². The second-order valence-corrected chi connectivity index (χ2v) is 7.77. The van der Waals surface area contributed by atoms with E-state index in [9.17, 15) is 9.59 Å². The number of ether oxygens (including phenoxy) is 1.